The fraction of sp³-hybridized carbons (Fsp3) is 0.300. The van der Waals surface area contributed by atoms with E-state index in [1.54, 1.807) is 34.9 Å². The molecule has 0 unspecified atom stereocenters. The summed E-state index contributed by atoms with van der Waals surface area (Å²) in [5.41, 5.74) is 1.42. The lowest BCUT2D eigenvalue weighted by Crippen LogP contribution is -2.51. The summed E-state index contributed by atoms with van der Waals surface area (Å²) < 4.78 is 6.62. The predicted octanol–water partition coefficient (Wildman–Crippen LogP) is 1.28. The molecule has 3 heterocycles. The molecule has 2 amide bonds. The number of carbonyl (C=O) groups is 2. The summed E-state index contributed by atoms with van der Waals surface area (Å²) in [6.45, 7) is 3.29. The summed E-state index contributed by atoms with van der Waals surface area (Å²) in [6.07, 6.45) is 1.46. The van der Waals surface area contributed by atoms with Gasteiger partial charge in [0.25, 0.3) is 11.5 Å². The van der Waals surface area contributed by atoms with Crippen molar-refractivity contribution >= 4 is 22.8 Å². The zero-order chi connectivity index (χ0) is 19.7. The average Bonchev–Trinajstić information content (AvgIpc) is 3.25. The summed E-state index contributed by atoms with van der Waals surface area (Å²) in [6, 6.07) is 10.6. The molecule has 0 radical (unpaired) electrons. The zero-order valence-corrected chi connectivity index (χ0v) is 15.5. The van der Waals surface area contributed by atoms with Crippen LogP contribution in [0.25, 0.3) is 11.0 Å². The molecule has 1 aromatic carbocycles. The van der Waals surface area contributed by atoms with Crippen LogP contribution in [-0.2, 0) is 11.3 Å². The highest BCUT2D eigenvalue weighted by Crippen LogP contribution is 2.12. The molecule has 0 bridgehead atoms. The van der Waals surface area contributed by atoms with E-state index in [4.69, 9.17) is 4.42 Å². The number of benzene rings is 1. The molecule has 1 saturated heterocycles. The Kier molecular flexibility index (Phi) is 4.68. The Morgan fingerprint density at radius 1 is 1.04 bits per heavy atom. The standard InChI is InChI=1S/C20H20N4O4/c1-14-19(26)24(16-6-3-2-5-15(16)21-14)13-18(25)22-8-10-23(11-9-22)20(27)17-7-4-12-28-17/h2-7,12H,8-11,13H2,1H3. The number of hydrogen-bond acceptors (Lipinski definition) is 5. The summed E-state index contributed by atoms with van der Waals surface area (Å²) in [5.74, 6) is -0.0305. The van der Waals surface area contributed by atoms with Gasteiger partial charge in [-0.15, -0.1) is 0 Å². The van der Waals surface area contributed by atoms with E-state index in [9.17, 15) is 14.4 Å². The number of furan rings is 1. The maximum absolute atomic E-state index is 12.8. The Balaban J connectivity index is 1.47. The monoisotopic (exact) mass is 380 g/mol. The lowest BCUT2D eigenvalue weighted by molar-refractivity contribution is -0.133. The minimum absolute atomic E-state index is 0.0468. The number of nitrogens with zero attached hydrogens (tertiary/aromatic N) is 4. The zero-order valence-electron chi connectivity index (χ0n) is 15.5. The number of carbonyl (C=O) groups excluding carboxylic acids is 2. The summed E-state index contributed by atoms with van der Waals surface area (Å²) >= 11 is 0. The summed E-state index contributed by atoms with van der Waals surface area (Å²) in [5, 5.41) is 0. The van der Waals surface area contributed by atoms with Gasteiger partial charge in [-0.1, -0.05) is 12.1 Å². The summed E-state index contributed by atoms with van der Waals surface area (Å²) in [7, 11) is 0. The number of rotatable bonds is 3. The van der Waals surface area contributed by atoms with Crippen molar-refractivity contribution in [2.24, 2.45) is 0 Å². The molecule has 0 N–H and O–H groups in total. The van der Waals surface area contributed by atoms with E-state index in [2.05, 4.69) is 4.98 Å². The van der Waals surface area contributed by atoms with Crippen LogP contribution >= 0.6 is 0 Å². The quantitative estimate of drug-likeness (QED) is 0.683. The average molecular weight is 380 g/mol. The molecule has 0 aliphatic carbocycles. The van der Waals surface area contributed by atoms with Gasteiger partial charge >= 0.3 is 0 Å². The number of aromatic nitrogens is 2. The van der Waals surface area contributed by atoms with Gasteiger partial charge in [-0.3, -0.25) is 19.0 Å². The fourth-order valence-electron chi connectivity index (χ4n) is 3.43. The number of piperazine rings is 1. The van der Waals surface area contributed by atoms with Crippen LogP contribution in [0, 0.1) is 6.92 Å². The van der Waals surface area contributed by atoms with Crippen LogP contribution in [-0.4, -0.2) is 57.3 Å². The maximum atomic E-state index is 12.8. The normalized spacial score (nSPS) is 14.5. The Hall–Kier alpha value is -3.42. The molecule has 1 aliphatic heterocycles. The lowest BCUT2D eigenvalue weighted by atomic mass is 10.2. The predicted molar refractivity (Wildman–Crippen MR) is 102 cm³/mol. The van der Waals surface area contributed by atoms with E-state index in [0.717, 1.165) is 0 Å². The Bertz CT molecular complexity index is 1080. The van der Waals surface area contributed by atoms with Gasteiger partial charge in [-0.2, -0.15) is 0 Å². The maximum Gasteiger partial charge on any atom is 0.289 e. The summed E-state index contributed by atoms with van der Waals surface area (Å²) in [4.78, 5) is 45.3. The van der Waals surface area contributed by atoms with Crippen LogP contribution in [0.5, 0.6) is 0 Å². The number of fused-ring (bicyclic) bond motifs is 1. The Morgan fingerprint density at radius 3 is 2.46 bits per heavy atom. The van der Waals surface area contributed by atoms with Crippen LogP contribution in [0.1, 0.15) is 16.2 Å². The molecule has 4 rings (SSSR count). The number of amides is 2. The van der Waals surface area contributed by atoms with Gasteiger partial charge in [0, 0.05) is 26.2 Å². The second-order valence-electron chi connectivity index (χ2n) is 6.73. The third-order valence-electron chi connectivity index (χ3n) is 4.96. The third kappa shape index (κ3) is 3.28. The minimum atomic E-state index is -0.265. The molecule has 1 fully saturated rings. The first-order valence-corrected chi connectivity index (χ1v) is 9.11. The largest absolute Gasteiger partial charge is 0.459 e. The van der Waals surface area contributed by atoms with Gasteiger partial charge in [0.2, 0.25) is 5.91 Å². The highest BCUT2D eigenvalue weighted by Gasteiger charge is 2.26. The van der Waals surface area contributed by atoms with E-state index in [-0.39, 0.29) is 23.9 Å². The lowest BCUT2D eigenvalue weighted by Gasteiger charge is -2.34. The highest BCUT2D eigenvalue weighted by atomic mass is 16.3. The number of hydrogen-bond donors (Lipinski definition) is 0. The molecule has 144 valence electrons. The molecule has 0 atom stereocenters. The topological polar surface area (TPSA) is 88.7 Å². The second kappa shape index (κ2) is 7.30. The molecular formula is C20H20N4O4. The highest BCUT2D eigenvalue weighted by molar-refractivity contribution is 5.91. The van der Waals surface area contributed by atoms with Crippen molar-refractivity contribution in [1.82, 2.24) is 19.4 Å². The number of aryl methyl sites for hydroxylation is 1. The van der Waals surface area contributed by atoms with Gasteiger partial charge in [-0.05, 0) is 31.2 Å². The Morgan fingerprint density at radius 2 is 1.75 bits per heavy atom. The fourth-order valence-corrected chi connectivity index (χ4v) is 3.43. The smallest absolute Gasteiger partial charge is 0.289 e. The van der Waals surface area contributed by atoms with Crippen LogP contribution in [0.2, 0.25) is 0 Å². The van der Waals surface area contributed by atoms with Gasteiger partial charge < -0.3 is 14.2 Å². The third-order valence-corrected chi connectivity index (χ3v) is 4.96. The van der Waals surface area contributed by atoms with Gasteiger partial charge in [0.15, 0.2) is 5.76 Å². The van der Waals surface area contributed by atoms with Gasteiger partial charge in [-0.25, -0.2) is 4.98 Å². The first-order chi connectivity index (χ1) is 13.5. The van der Waals surface area contributed by atoms with E-state index >= 15 is 0 Å². The molecule has 8 nitrogen and oxygen atoms in total. The van der Waals surface area contributed by atoms with Crippen molar-refractivity contribution in [3.8, 4) is 0 Å². The van der Waals surface area contributed by atoms with Crippen LogP contribution in [0.15, 0.2) is 51.9 Å². The minimum Gasteiger partial charge on any atom is -0.459 e. The molecule has 0 saturated carbocycles. The van der Waals surface area contributed by atoms with E-state index in [0.29, 0.717) is 48.7 Å². The van der Waals surface area contributed by atoms with Crippen molar-refractivity contribution in [1.29, 1.82) is 0 Å². The first kappa shape index (κ1) is 18.0. The van der Waals surface area contributed by atoms with Crippen LogP contribution in [0.3, 0.4) is 0 Å². The molecule has 1 aliphatic rings. The molecule has 28 heavy (non-hydrogen) atoms. The molecule has 8 heteroatoms. The van der Waals surface area contributed by atoms with Crippen molar-refractivity contribution in [2.45, 2.75) is 13.5 Å². The second-order valence-corrected chi connectivity index (χ2v) is 6.73. The number of para-hydroxylation sites is 2. The van der Waals surface area contributed by atoms with Crippen molar-refractivity contribution < 1.29 is 14.0 Å². The Labute approximate surface area is 161 Å². The van der Waals surface area contributed by atoms with Gasteiger partial charge in [0.1, 0.15) is 12.2 Å². The molecular weight excluding hydrogens is 360 g/mol. The molecule has 2 aromatic heterocycles. The van der Waals surface area contributed by atoms with Gasteiger partial charge in [0.05, 0.1) is 17.3 Å². The van der Waals surface area contributed by atoms with Crippen molar-refractivity contribution in [3.05, 3.63) is 64.5 Å². The van der Waals surface area contributed by atoms with Crippen LogP contribution < -0.4 is 5.56 Å². The van der Waals surface area contributed by atoms with Crippen molar-refractivity contribution in [3.63, 3.8) is 0 Å². The molecule has 0 spiro atoms. The van der Waals surface area contributed by atoms with E-state index in [1.807, 2.05) is 18.2 Å². The van der Waals surface area contributed by atoms with Crippen LogP contribution in [0.4, 0.5) is 0 Å². The van der Waals surface area contributed by atoms with Crippen molar-refractivity contribution in [2.75, 3.05) is 26.2 Å². The molecule has 3 aromatic rings. The first-order valence-electron chi connectivity index (χ1n) is 9.11. The van der Waals surface area contributed by atoms with E-state index in [1.165, 1.54) is 10.8 Å². The van der Waals surface area contributed by atoms with E-state index < -0.39 is 0 Å². The SMILES string of the molecule is Cc1nc2ccccc2n(CC(=O)N2CCN(C(=O)c3ccco3)CC2)c1=O.